The first-order valence-electron chi connectivity index (χ1n) is 6.66. The first-order valence-corrected chi connectivity index (χ1v) is 6.66. The van der Waals surface area contributed by atoms with Crippen molar-refractivity contribution in [2.24, 2.45) is 0 Å². The monoisotopic (exact) mass is 249 g/mol. The van der Waals surface area contributed by atoms with Crippen molar-refractivity contribution in [2.45, 2.75) is 32.2 Å². The van der Waals surface area contributed by atoms with Crippen LogP contribution in [0.5, 0.6) is 11.5 Å². The van der Waals surface area contributed by atoms with E-state index in [0.717, 1.165) is 24.5 Å². The summed E-state index contributed by atoms with van der Waals surface area (Å²) in [4.78, 5) is 2.44. The van der Waals surface area contributed by atoms with Gasteiger partial charge in [0.1, 0.15) is 0 Å². The highest BCUT2D eigenvalue weighted by molar-refractivity contribution is 5.49. The number of hydrogen-bond donors (Lipinski definition) is 0. The quantitative estimate of drug-likeness (QED) is 0.818. The van der Waals surface area contributed by atoms with Crippen LogP contribution in [0.4, 0.5) is 0 Å². The van der Waals surface area contributed by atoms with Crippen LogP contribution in [0.2, 0.25) is 0 Å². The Balaban J connectivity index is 2.44. The maximum absolute atomic E-state index is 5.42. The molecule has 1 aromatic rings. The highest BCUT2D eigenvalue weighted by atomic mass is 16.5. The second-order valence-corrected chi connectivity index (χ2v) is 4.94. The highest BCUT2D eigenvalue weighted by Crippen LogP contribution is 2.39. The van der Waals surface area contributed by atoms with Gasteiger partial charge in [0.2, 0.25) is 0 Å². The normalized spacial score (nSPS) is 19.4. The van der Waals surface area contributed by atoms with Gasteiger partial charge in [-0.25, -0.2) is 0 Å². The van der Waals surface area contributed by atoms with E-state index < -0.39 is 0 Å². The van der Waals surface area contributed by atoms with Crippen LogP contribution in [0.15, 0.2) is 12.1 Å². The third-order valence-electron chi connectivity index (χ3n) is 3.83. The summed E-state index contributed by atoms with van der Waals surface area (Å²) >= 11 is 0. The topological polar surface area (TPSA) is 21.7 Å². The minimum absolute atomic E-state index is 0.513. The lowest BCUT2D eigenvalue weighted by Crippen LogP contribution is -2.32. The maximum Gasteiger partial charge on any atom is 0.161 e. The number of likely N-dealkylation sites (N-methyl/N-ethyl adjacent to an activating group) is 1. The SMILES string of the molecule is CCCC1c2cc(OC)c(OC)cc2CCN1C. The molecule has 0 radical (unpaired) electrons. The van der Waals surface area contributed by atoms with Crippen LogP contribution >= 0.6 is 0 Å². The average molecular weight is 249 g/mol. The second kappa shape index (κ2) is 5.61. The van der Waals surface area contributed by atoms with Crippen molar-refractivity contribution >= 4 is 0 Å². The van der Waals surface area contributed by atoms with Crippen molar-refractivity contribution in [2.75, 3.05) is 27.8 Å². The first-order chi connectivity index (χ1) is 8.71. The van der Waals surface area contributed by atoms with Crippen LogP contribution in [0.25, 0.3) is 0 Å². The smallest absolute Gasteiger partial charge is 0.161 e. The molecular weight excluding hydrogens is 226 g/mol. The standard InChI is InChI=1S/C15H23NO2/c1-5-6-13-12-10-15(18-4)14(17-3)9-11(12)7-8-16(13)2/h9-10,13H,5-8H2,1-4H3. The van der Waals surface area contributed by atoms with Crippen molar-refractivity contribution in [1.29, 1.82) is 0 Å². The minimum Gasteiger partial charge on any atom is -0.493 e. The Morgan fingerprint density at radius 2 is 1.89 bits per heavy atom. The number of benzene rings is 1. The number of fused-ring (bicyclic) bond motifs is 1. The van der Waals surface area contributed by atoms with Gasteiger partial charge in [0.25, 0.3) is 0 Å². The summed E-state index contributed by atoms with van der Waals surface area (Å²) in [6.45, 7) is 3.36. The molecule has 100 valence electrons. The molecule has 0 aliphatic carbocycles. The summed E-state index contributed by atoms with van der Waals surface area (Å²) in [5, 5.41) is 0. The van der Waals surface area contributed by atoms with Crippen LogP contribution in [0, 0.1) is 0 Å². The second-order valence-electron chi connectivity index (χ2n) is 4.94. The van der Waals surface area contributed by atoms with E-state index in [1.165, 1.54) is 24.0 Å². The van der Waals surface area contributed by atoms with Crippen LogP contribution in [-0.4, -0.2) is 32.7 Å². The molecular formula is C15H23NO2. The molecule has 1 atom stereocenters. The third kappa shape index (κ3) is 2.32. The molecule has 0 bridgehead atoms. The summed E-state index contributed by atoms with van der Waals surface area (Å²) in [5.74, 6) is 1.68. The van der Waals surface area contributed by atoms with Gasteiger partial charge in [-0.15, -0.1) is 0 Å². The average Bonchev–Trinajstić information content (AvgIpc) is 2.40. The molecule has 3 heteroatoms. The maximum atomic E-state index is 5.42. The molecule has 1 heterocycles. The van der Waals surface area contributed by atoms with Gasteiger partial charge in [0.05, 0.1) is 14.2 Å². The van der Waals surface area contributed by atoms with Gasteiger partial charge in [0, 0.05) is 12.6 Å². The lowest BCUT2D eigenvalue weighted by Gasteiger charge is -2.35. The molecule has 0 fully saturated rings. The van der Waals surface area contributed by atoms with E-state index in [1.54, 1.807) is 14.2 Å². The van der Waals surface area contributed by atoms with E-state index in [9.17, 15) is 0 Å². The van der Waals surface area contributed by atoms with Gasteiger partial charge < -0.3 is 9.47 Å². The fourth-order valence-electron chi connectivity index (χ4n) is 2.80. The molecule has 1 unspecified atom stereocenters. The van der Waals surface area contributed by atoms with Crippen molar-refractivity contribution in [3.63, 3.8) is 0 Å². The van der Waals surface area contributed by atoms with Crippen molar-refractivity contribution < 1.29 is 9.47 Å². The predicted molar refractivity (Wildman–Crippen MR) is 73.5 cm³/mol. The Labute approximate surface area is 110 Å². The molecule has 18 heavy (non-hydrogen) atoms. The number of methoxy groups -OCH3 is 2. The van der Waals surface area contributed by atoms with Gasteiger partial charge in [-0.05, 0) is 43.1 Å². The zero-order valence-corrected chi connectivity index (χ0v) is 11.8. The van der Waals surface area contributed by atoms with Crippen LogP contribution < -0.4 is 9.47 Å². The van der Waals surface area contributed by atoms with Gasteiger partial charge >= 0.3 is 0 Å². The minimum atomic E-state index is 0.513. The van der Waals surface area contributed by atoms with Crippen LogP contribution in [-0.2, 0) is 6.42 Å². The van der Waals surface area contributed by atoms with Gasteiger partial charge in [-0.1, -0.05) is 13.3 Å². The summed E-state index contributed by atoms with van der Waals surface area (Å²) < 4.78 is 10.8. The number of ether oxygens (including phenoxy) is 2. The van der Waals surface area contributed by atoms with Crippen LogP contribution in [0.1, 0.15) is 36.9 Å². The Morgan fingerprint density at radius 3 is 2.50 bits per heavy atom. The molecule has 1 aliphatic rings. The van der Waals surface area contributed by atoms with E-state index in [2.05, 4.69) is 31.0 Å². The summed E-state index contributed by atoms with van der Waals surface area (Å²) in [7, 11) is 5.61. The molecule has 1 aromatic carbocycles. The van der Waals surface area contributed by atoms with Crippen molar-refractivity contribution in [3.05, 3.63) is 23.3 Å². The Kier molecular flexibility index (Phi) is 4.12. The molecule has 0 spiro atoms. The van der Waals surface area contributed by atoms with Crippen molar-refractivity contribution in [1.82, 2.24) is 4.90 Å². The molecule has 0 saturated heterocycles. The van der Waals surface area contributed by atoms with Gasteiger partial charge in [-0.3, -0.25) is 4.90 Å². The van der Waals surface area contributed by atoms with Gasteiger partial charge in [0.15, 0.2) is 11.5 Å². The molecule has 0 saturated carbocycles. The van der Waals surface area contributed by atoms with Crippen LogP contribution in [0.3, 0.4) is 0 Å². The molecule has 2 rings (SSSR count). The summed E-state index contributed by atoms with van der Waals surface area (Å²) in [5.41, 5.74) is 2.81. The highest BCUT2D eigenvalue weighted by Gasteiger charge is 2.25. The first kappa shape index (κ1) is 13.2. The fraction of sp³-hybridized carbons (Fsp3) is 0.600. The fourth-order valence-corrected chi connectivity index (χ4v) is 2.80. The van der Waals surface area contributed by atoms with Gasteiger partial charge in [-0.2, -0.15) is 0 Å². The molecule has 1 aliphatic heterocycles. The zero-order valence-electron chi connectivity index (χ0n) is 11.8. The molecule has 0 amide bonds. The lowest BCUT2D eigenvalue weighted by atomic mass is 9.90. The largest absolute Gasteiger partial charge is 0.493 e. The molecule has 3 nitrogen and oxygen atoms in total. The summed E-state index contributed by atoms with van der Waals surface area (Å²) in [6.07, 6.45) is 3.48. The lowest BCUT2D eigenvalue weighted by molar-refractivity contribution is 0.217. The van der Waals surface area contributed by atoms with E-state index in [1.807, 2.05) is 0 Å². The number of hydrogen-bond acceptors (Lipinski definition) is 3. The van der Waals surface area contributed by atoms with E-state index in [0.29, 0.717) is 6.04 Å². The van der Waals surface area contributed by atoms with E-state index >= 15 is 0 Å². The molecule has 0 aromatic heterocycles. The Morgan fingerprint density at radius 1 is 1.22 bits per heavy atom. The Bertz CT molecular complexity index is 417. The Hall–Kier alpha value is -1.22. The van der Waals surface area contributed by atoms with Crippen molar-refractivity contribution in [3.8, 4) is 11.5 Å². The number of rotatable bonds is 4. The summed E-state index contributed by atoms with van der Waals surface area (Å²) in [6, 6.07) is 4.81. The zero-order chi connectivity index (χ0) is 13.1. The van der Waals surface area contributed by atoms with E-state index in [4.69, 9.17) is 9.47 Å². The predicted octanol–water partition coefficient (Wildman–Crippen LogP) is 3.03. The third-order valence-corrected chi connectivity index (χ3v) is 3.83. The number of nitrogens with zero attached hydrogens (tertiary/aromatic N) is 1. The van der Waals surface area contributed by atoms with E-state index in [-0.39, 0.29) is 0 Å². The molecule has 0 N–H and O–H groups in total.